The van der Waals surface area contributed by atoms with Crippen LogP contribution in [0, 0.1) is 0 Å². The van der Waals surface area contributed by atoms with E-state index in [1.807, 2.05) is 13.8 Å². The normalized spacial score (nSPS) is 26.5. The Balaban J connectivity index is 1.93. The van der Waals surface area contributed by atoms with Crippen molar-refractivity contribution < 1.29 is 22.6 Å². The highest BCUT2D eigenvalue weighted by Gasteiger charge is 2.34. The van der Waals surface area contributed by atoms with Gasteiger partial charge in [-0.1, -0.05) is 0 Å². The Kier molecular flexibility index (Phi) is 4.29. The third-order valence-corrected chi connectivity index (χ3v) is 5.85. The van der Waals surface area contributed by atoms with Crippen molar-refractivity contribution >= 4 is 10.0 Å². The van der Waals surface area contributed by atoms with Gasteiger partial charge in [-0.2, -0.15) is 4.31 Å². The predicted molar refractivity (Wildman–Crippen MR) is 80.8 cm³/mol. The molecule has 0 aromatic heterocycles. The molecule has 3 rings (SSSR count). The second kappa shape index (κ2) is 6.06. The summed E-state index contributed by atoms with van der Waals surface area (Å²) in [6.07, 6.45) is 0.681. The van der Waals surface area contributed by atoms with Crippen LogP contribution in [0.3, 0.4) is 0 Å². The van der Waals surface area contributed by atoms with Gasteiger partial charge in [0.05, 0.1) is 30.8 Å². The summed E-state index contributed by atoms with van der Waals surface area (Å²) in [5.41, 5.74) is 0. The van der Waals surface area contributed by atoms with E-state index in [0.717, 1.165) is 6.42 Å². The number of morpholine rings is 1. The Morgan fingerprint density at radius 2 is 1.86 bits per heavy atom. The molecule has 0 unspecified atom stereocenters. The van der Waals surface area contributed by atoms with E-state index >= 15 is 0 Å². The molecule has 6 nitrogen and oxygen atoms in total. The molecule has 0 aliphatic carbocycles. The van der Waals surface area contributed by atoms with E-state index in [-0.39, 0.29) is 17.0 Å². The second-order valence-corrected chi connectivity index (χ2v) is 7.62. The number of rotatable bonds is 2. The van der Waals surface area contributed by atoms with Crippen molar-refractivity contribution in [3.8, 4) is 11.5 Å². The van der Waals surface area contributed by atoms with E-state index in [1.54, 1.807) is 18.2 Å². The van der Waals surface area contributed by atoms with Crippen molar-refractivity contribution in [2.45, 2.75) is 37.3 Å². The van der Waals surface area contributed by atoms with E-state index in [4.69, 9.17) is 14.2 Å². The van der Waals surface area contributed by atoms with Gasteiger partial charge < -0.3 is 14.2 Å². The van der Waals surface area contributed by atoms with Crippen LogP contribution in [0.4, 0.5) is 0 Å². The largest absolute Gasteiger partial charge is 0.490 e. The van der Waals surface area contributed by atoms with Crippen LogP contribution in [0.1, 0.15) is 20.3 Å². The molecule has 22 heavy (non-hydrogen) atoms. The summed E-state index contributed by atoms with van der Waals surface area (Å²) in [6, 6.07) is 4.62. The van der Waals surface area contributed by atoms with Crippen molar-refractivity contribution in [2.24, 2.45) is 0 Å². The fourth-order valence-corrected chi connectivity index (χ4v) is 4.35. The first-order valence-corrected chi connectivity index (χ1v) is 8.95. The van der Waals surface area contributed by atoms with E-state index in [2.05, 4.69) is 0 Å². The highest BCUT2D eigenvalue weighted by molar-refractivity contribution is 7.89. The van der Waals surface area contributed by atoms with E-state index < -0.39 is 10.0 Å². The van der Waals surface area contributed by atoms with Crippen molar-refractivity contribution in [1.82, 2.24) is 4.31 Å². The van der Waals surface area contributed by atoms with Gasteiger partial charge in [0.1, 0.15) is 0 Å². The summed E-state index contributed by atoms with van der Waals surface area (Å²) in [4.78, 5) is 0.234. The number of sulfonamides is 1. The van der Waals surface area contributed by atoms with E-state index in [9.17, 15) is 8.42 Å². The van der Waals surface area contributed by atoms with Gasteiger partial charge in [-0.3, -0.25) is 0 Å². The summed E-state index contributed by atoms with van der Waals surface area (Å²) in [5.74, 6) is 1.09. The minimum Gasteiger partial charge on any atom is -0.490 e. The third kappa shape index (κ3) is 2.93. The predicted octanol–water partition coefficient (Wildman–Crippen LogP) is 1.65. The van der Waals surface area contributed by atoms with Gasteiger partial charge in [0, 0.05) is 25.1 Å². The van der Waals surface area contributed by atoms with Crippen LogP contribution >= 0.6 is 0 Å². The van der Waals surface area contributed by atoms with E-state index in [1.165, 1.54) is 4.31 Å². The molecule has 0 spiro atoms. The first-order valence-electron chi connectivity index (χ1n) is 7.51. The van der Waals surface area contributed by atoms with Crippen LogP contribution in [0.2, 0.25) is 0 Å². The first kappa shape index (κ1) is 15.6. The Bertz CT molecular complexity index is 645. The molecule has 122 valence electrons. The number of benzene rings is 1. The van der Waals surface area contributed by atoms with Crippen LogP contribution in [0.25, 0.3) is 0 Å². The standard InChI is InChI=1S/C15H21NO5S/c1-11-10-21-12(2)9-16(11)22(17,18)13-4-5-14-15(8-13)20-7-3-6-19-14/h4-5,8,11-12H,3,6-7,9-10H2,1-2H3/t11-,12+/m1/s1. The summed E-state index contributed by atoms with van der Waals surface area (Å²) < 4.78 is 43.9. The minimum atomic E-state index is -3.57. The molecule has 0 bridgehead atoms. The molecule has 1 saturated heterocycles. The quantitative estimate of drug-likeness (QED) is 0.826. The lowest BCUT2D eigenvalue weighted by molar-refractivity contribution is -0.0170. The zero-order valence-corrected chi connectivity index (χ0v) is 13.6. The molecule has 0 N–H and O–H groups in total. The molecule has 2 aliphatic heterocycles. The van der Waals surface area contributed by atoms with Gasteiger partial charge in [-0.15, -0.1) is 0 Å². The number of hydrogen-bond donors (Lipinski definition) is 0. The van der Waals surface area contributed by atoms with Crippen LogP contribution < -0.4 is 9.47 Å². The van der Waals surface area contributed by atoms with Crippen molar-refractivity contribution in [3.05, 3.63) is 18.2 Å². The van der Waals surface area contributed by atoms with Crippen LogP contribution in [-0.4, -0.2) is 51.2 Å². The fourth-order valence-electron chi connectivity index (χ4n) is 2.65. The molecule has 2 heterocycles. The van der Waals surface area contributed by atoms with Crippen LogP contribution in [-0.2, 0) is 14.8 Å². The molecule has 0 amide bonds. The van der Waals surface area contributed by atoms with Gasteiger partial charge in [0.15, 0.2) is 11.5 Å². The summed E-state index contributed by atoms with van der Waals surface area (Å²) in [7, 11) is -3.57. The lowest BCUT2D eigenvalue weighted by Gasteiger charge is -2.35. The van der Waals surface area contributed by atoms with Gasteiger partial charge >= 0.3 is 0 Å². The van der Waals surface area contributed by atoms with Crippen LogP contribution in [0.15, 0.2) is 23.1 Å². The number of hydrogen-bond acceptors (Lipinski definition) is 5. The zero-order chi connectivity index (χ0) is 15.7. The lowest BCUT2D eigenvalue weighted by atomic mass is 10.2. The smallest absolute Gasteiger partial charge is 0.243 e. The maximum Gasteiger partial charge on any atom is 0.243 e. The van der Waals surface area contributed by atoms with Gasteiger partial charge in [-0.25, -0.2) is 8.42 Å². The van der Waals surface area contributed by atoms with Crippen LogP contribution in [0.5, 0.6) is 11.5 Å². The molecule has 0 saturated carbocycles. The molecule has 2 aliphatic rings. The van der Waals surface area contributed by atoms with Crippen molar-refractivity contribution in [3.63, 3.8) is 0 Å². The van der Waals surface area contributed by atoms with Gasteiger partial charge in [0.2, 0.25) is 10.0 Å². The lowest BCUT2D eigenvalue weighted by Crippen LogP contribution is -2.50. The zero-order valence-electron chi connectivity index (χ0n) is 12.8. The minimum absolute atomic E-state index is 0.105. The highest BCUT2D eigenvalue weighted by atomic mass is 32.2. The molecule has 1 fully saturated rings. The first-order chi connectivity index (χ1) is 10.5. The molecule has 2 atom stereocenters. The Morgan fingerprint density at radius 3 is 2.64 bits per heavy atom. The highest BCUT2D eigenvalue weighted by Crippen LogP contribution is 2.33. The molecule has 1 aromatic rings. The molecular formula is C15H21NO5S. The van der Waals surface area contributed by atoms with Crippen molar-refractivity contribution in [2.75, 3.05) is 26.4 Å². The third-order valence-electron chi connectivity index (χ3n) is 3.88. The fraction of sp³-hybridized carbons (Fsp3) is 0.600. The molecule has 7 heteroatoms. The second-order valence-electron chi connectivity index (χ2n) is 5.73. The monoisotopic (exact) mass is 327 g/mol. The molecule has 0 radical (unpaired) electrons. The number of fused-ring (bicyclic) bond motifs is 1. The van der Waals surface area contributed by atoms with Gasteiger partial charge in [0.25, 0.3) is 0 Å². The van der Waals surface area contributed by atoms with E-state index in [0.29, 0.717) is 37.9 Å². The summed E-state index contributed by atoms with van der Waals surface area (Å²) >= 11 is 0. The van der Waals surface area contributed by atoms with Gasteiger partial charge in [-0.05, 0) is 26.0 Å². The summed E-state index contributed by atoms with van der Waals surface area (Å²) in [6.45, 7) is 5.61. The number of nitrogens with zero attached hydrogens (tertiary/aromatic N) is 1. The maximum absolute atomic E-state index is 12.9. The number of ether oxygens (including phenoxy) is 3. The average molecular weight is 327 g/mol. The average Bonchev–Trinajstić information content (AvgIpc) is 2.74. The van der Waals surface area contributed by atoms with Crippen molar-refractivity contribution in [1.29, 1.82) is 0 Å². The SMILES string of the molecule is C[C@@H]1CO[C@@H](C)CN1S(=O)(=O)c1ccc2c(c1)OCCCO2. The Labute approximate surface area is 131 Å². The maximum atomic E-state index is 12.9. The summed E-state index contributed by atoms with van der Waals surface area (Å²) in [5, 5.41) is 0. The Morgan fingerprint density at radius 1 is 1.14 bits per heavy atom. The molecule has 1 aromatic carbocycles. The topological polar surface area (TPSA) is 65.1 Å². The Hall–Kier alpha value is -1.31. The molecular weight excluding hydrogens is 306 g/mol.